The van der Waals surface area contributed by atoms with Crippen LogP contribution >= 0.6 is 11.6 Å². The monoisotopic (exact) mass is 227 g/mol. The zero-order valence-electron chi connectivity index (χ0n) is 8.41. The van der Waals surface area contributed by atoms with Gasteiger partial charge in [0, 0.05) is 6.61 Å². The highest BCUT2D eigenvalue weighted by molar-refractivity contribution is 6.32. The number of para-hydroxylation sites is 1. The summed E-state index contributed by atoms with van der Waals surface area (Å²) in [5.41, 5.74) is 6.37. The second-order valence-electron chi connectivity index (χ2n) is 3.62. The van der Waals surface area contributed by atoms with Gasteiger partial charge in [-0.2, -0.15) is 0 Å². The molecule has 2 N–H and O–H groups in total. The summed E-state index contributed by atoms with van der Waals surface area (Å²) in [4.78, 5) is 0. The highest BCUT2D eigenvalue weighted by atomic mass is 35.5. The third kappa shape index (κ3) is 2.55. The van der Waals surface area contributed by atoms with Crippen molar-refractivity contribution in [3.63, 3.8) is 0 Å². The number of hydrogen-bond acceptors (Lipinski definition) is 3. The molecule has 15 heavy (non-hydrogen) atoms. The predicted octanol–water partition coefficient (Wildman–Crippen LogP) is 2.48. The molecule has 0 aliphatic carbocycles. The maximum absolute atomic E-state index is 6.00. The van der Waals surface area contributed by atoms with Crippen LogP contribution in [0.2, 0.25) is 5.02 Å². The van der Waals surface area contributed by atoms with Crippen LogP contribution < -0.4 is 10.5 Å². The van der Waals surface area contributed by atoms with E-state index >= 15 is 0 Å². The average Bonchev–Trinajstić information content (AvgIpc) is 2.25. The molecule has 1 atom stereocenters. The molecule has 0 amide bonds. The normalized spacial score (nSPS) is 21.3. The summed E-state index contributed by atoms with van der Waals surface area (Å²) in [5.74, 6) is 0.578. The standard InChI is InChI=1S/C11H14ClNO2/c12-9-4-1-5-10(13)11(9)15-8-3-2-6-14-7-8/h1,4-5,8H,2-3,6-7,13H2. The van der Waals surface area contributed by atoms with Crippen molar-refractivity contribution in [2.24, 2.45) is 0 Å². The van der Waals surface area contributed by atoms with Crippen LogP contribution in [0.4, 0.5) is 5.69 Å². The van der Waals surface area contributed by atoms with E-state index in [2.05, 4.69) is 0 Å². The fourth-order valence-electron chi connectivity index (χ4n) is 1.62. The molecule has 0 aromatic heterocycles. The Morgan fingerprint density at radius 3 is 3.00 bits per heavy atom. The topological polar surface area (TPSA) is 44.5 Å². The second-order valence-corrected chi connectivity index (χ2v) is 4.02. The lowest BCUT2D eigenvalue weighted by Crippen LogP contribution is -2.28. The maximum atomic E-state index is 6.00. The largest absolute Gasteiger partial charge is 0.484 e. The molecule has 1 saturated heterocycles. The van der Waals surface area contributed by atoms with Crippen molar-refractivity contribution < 1.29 is 9.47 Å². The lowest BCUT2D eigenvalue weighted by molar-refractivity contribution is 0.00780. The van der Waals surface area contributed by atoms with E-state index in [4.69, 9.17) is 26.8 Å². The Morgan fingerprint density at radius 1 is 1.47 bits per heavy atom. The summed E-state index contributed by atoms with van der Waals surface area (Å²) in [6, 6.07) is 5.36. The first-order valence-corrected chi connectivity index (χ1v) is 5.43. The van der Waals surface area contributed by atoms with Crippen molar-refractivity contribution in [3.05, 3.63) is 23.2 Å². The molecule has 1 aromatic carbocycles. The Kier molecular flexibility index (Phi) is 3.34. The minimum absolute atomic E-state index is 0.0703. The van der Waals surface area contributed by atoms with E-state index in [0.717, 1.165) is 19.4 Å². The van der Waals surface area contributed by atoms with Gasteiger partial charge < -0.3 is 15.2 Å². The predicted molar refractivity (Wildman–Crippen MR) is 60.3 cm³/mol. The number of hydrogen-bond donors (Lipinski definition) is 1. The Balaban J connectivity index is 2.09. The lowest BCUT2D eigenvalue weighted by atomic mass is 10.2. The van der Waals surface area contributed by atoms with E-state index in [-0.39, 0.29) is 6.10 Å². The molecule has 1 aromatic rings. The quantitative estimate of drug-likeness (QED) is 0.790. The van der Waals surface area contributed by atoms with Gasteiger partial charge in [0.25, 0.3) is 0 Å². The molecular formula is C11H14ClNO2. The fraction of sp³-hybridized carbons (Fsp3) is 0.455. The van der Waals surface area contributed by atoms with Gasteiger partial charge >= 0.3 is 0 Å². The van der Waals surface area contributed by atoms with Crippen LogP contribution in [-0.4, -0.2) is 19.3 Å². The molecule has 0 saturated carbocycles. The Bertz CT molecular complexity index is 317. The van der Waals surface area contributed by atoms with Gasteiger partial charge in [-0.15, -0.1) is 0 Å². The first-order valence-electron chi connectivity index (χ1n) is 5.06. The van der Waals surface area contributed by atoms with Gasteiger partial charge in [0.1, 0.15) is 6.10 Å². The average molecular weight is 228 g/mol. The van der Waals surface area contributed by atoms with Gasteiger partial charge in [-0.05, 0) is 25.0 Å². The summed E-state index contributed by atoms with van der Waals surface area (Å²) in [6.07, 6.45) is 2.08. The number of rotatable bonds is 2. The van der Waals surface area contributed by atoms with E-state index in [1.165, 1.54) is 0 Å². The van der Waals surface area contributed by atoms with E-state index in [9.17, 15) is 0 Å². The molecule has 1 unspecified atom stereocenters. The van der Waals surface area contributed by atoms with Crippen LogP contribution in [0.15, 0.2) is 18.2 Å². The Morgan fingerprint density at radius 2 is 2.33 bits per heavy atom. The van der Waals surface area contributed by atoms with Gasteiger partial charge in [0.05, 0.1) is 17.3 Å². The Labute approximate surface area is 94.1 Å². The van der Waals surface area contributed by atoms with Crippen molar-refractivity contribution in [3.8, 4) is 5.75 Å². The van der Waals surface area contributed by atoms with Crippen LogP contribution in [0.1, 0.15) is 12.8 Å². The second kappa shape index (κ2) is 4.73. The van der Waals surface area contributed by atoms with Crippen LogP contribution in [-0.2, 0) is 4.74 Å². The van der Waals surface area contributed by atoms with Gasteiger partial charge in [0.15, 0.2) is 5.75 Å². The minimum atomic E-state index is 0.0703. The van der Waals surface area contributed by atoms with Crippen molar-refractivity contribution in [2.75, 3.05) is 18.9 Å². The molecule has 2 rings (SSSR count). The van der Waals surface area contributed by atoms with Crippen molar-refractivity contribution in [2.45, 2.75) is 18.9 Å². The van der Waals surface area contributed by atoms with Crippen molar-refractivity contribution >= 4 is 17.3 Å². The van der Waals surface area contributed by atoms with Gasteiger partial charge in [-0.1, -0.05) is 17.7 Å². The summed E-state index contributed by atoms with van der Waals surface area (Å²) in [7, 11) is 0. The third-order valence-corrected chi connectivity index (χ3v) is 2.70. The molecule has 0 radical (unpaired) electrons. The van der Waals surface area contributed by atoms with Gasteiger partial charge in [0.2, 0.25) is 0 Å². The van der Waals surface area contributed by atoms with Crippen LogP contribution in [0.25, 0.3) is 0 Å². The van der Waals surface area contributed by atoms with Gasteiger partial charge in [-0.25, -0.2) is 0 Å². The molecule has 1 aliphatic heterocycles. The minimum Gasteiger partial charge on any atom is -0.484 e. The number of nitrogens with two attached hydrogens (primary N) is 1. The molecule has 0 bridgehead atoms. The zero-order valence-corrected chi connectivity index (χ0v) is 9.17. The zero-order chi connectivity index (χ0) is 10.7. The van der Waals surface area contributed by atoms with E-state index < -0.39 is 0 Å². The molecule has 82 valence electrons. The van der Waals surface area contributed by atoms with Crippen molar-refractivity contribution in [1.82, 2.24) is 0 Å². The number of anilines is 1. The first kappa shape index (κ1) is 10.6. The number of halogens is 1. The molecule has 1 heterocycles. The number of nitrogen functional groups attached to an aromatic ring is 1. The van der Waals surface area contributed by atoms with Crippen LogP contribution in [0.3, 0.4) is 0 Å². The molecule has 1 aliphatic rings. The summed E-state index contributed by atoms with van der Waals surface area (Å²) in [6.45, 7) is 1.43. The summed E-state index contributed by atoms with van der Waals surface area (Å²) in [5, 5.41) is 0.556. The van der Waals surface area contributed by atoms with E-state index in [1.807, 2.05) is 6.07 Å². The number of benzene rings is 1. The molecular weight excluding hydrogens is 214 g/mol. The first-order chi connectivity index (χ1) is 7.27. The Hall–Kier alpha value is -0.930. The van der Waals surface area contributed by atoms with E-state index in [0.29, 0.717) is 23.1 Å². The summed E-state index contributed by atoms with van der Waals surface area (Å²) < 4.78 is 11.1. The maximum Gasteiger partial charge on any atom is 0.161 e. The van der Waals surface area contributed by atoms with Crippen LogP contribution in [0.5, 0.6) is 5.75 Å². The molecule has 0 spiro atoms. The highest BCUT2D eigenvalue weighted by Crippen LogP contribution is 2.32. The third-order valence-electron chi connectivity index (χ3n) is 2.40. The summed E-state index contributed by atoms with van der Waals surface area (Å²) >= 11 is 6.00. The van der Waals surface area contributed by atoms with E-state index in [1.54, 1.807) is 12.1 Å². The molecule has 3 nitrogen and oxygen atoms in total. The fourth-order valence-corrected chi connectivity index (χ4v) is 1.85. The molecule has 4 heteroatoms. The SMILES string of the molecule is Nc1cccc(Cl)c1OC1CCCOC1. The smallest absolute Gasteiger partial charge is 0.161 e. The highest BCUT2D eigenvalue weighted by Gasteiger charge is 2.17. The molecule has 1 fully saturated rings. The lowest BCUT2D eigenvalue weighted by Gasteiger charge is -2.24. The van der Waals surface area contributed by atoms with Crippen molar-refractivity contribution in [1.29, 1.82) is 0 Å². The number of ether oxygens (including phenoxy) is 2. The van der Waals surface area contributed by atoms with Gasteiger partial charge in [-0.3, -0.25) is 0 Å². The van der Waals surface area contributed by atoms with Crippen LogP contribution in [0, 0.1) is 0 Å².